The second-order valence-corrected chi connectivity index (χ2v) is 7.41. The van der Waals surface area contributed by atoms with Crippen LogP contribution in [0.1, 0.15) is 31.9 Å². The molecule has 1 saturated heterocycles. The minimum absolute atomic E-state index is 0.105. The molecule has 0 bridgehead atoms. The van der Waals surface area contributed by atoms with E-state index in [-0.39, 0.29) is 21.9 Å². The van der Waals surface area contributed by atoms with Gasteiger partial charge in [0.15, 0.2) is 4.67 Å². The van der Waals surface area contributed by atoms with Gasteiger partial charge in [-0.25, -0.2) is 8.42 Å². The number of rotatable bonds is 4. The third kappa shape index (κ3) is 3.04. The fourth-order valence-electron chi connectivity index (χ4n) is 2.37. The van der Waals surface area contributed by atoms with E-state index in [1.54, 1.807) is 0 Å². The predicted molar refractivity (Wildman–Crippen MR) is 74.1 cm³/mol. The standard InChI is InChI=1S/C12H18BrNO4S/c1-2-9-4-3-5-14(7-9)19(16,17)11-6-10(8-15)18-12(11)13/h6,9,15H,2-5,7-8H2,1H3. The van der Waals surface area contributed by atoms with Crippen LogP contribution in [-0.2, 0) is 16.6 Å². The largest absolute Gasteiger partial charge is 0.450 e. The summed E-state index contributed by atoms with van der Waals surface area (Å²) in [6, 6.07) is 1.38. The number of furan rings is 1. The van der Waals surface area contributed by atoms with Crippen molar-refractivity contribution in [1.29, 1.82) is 0 Å². The molecule has 0 spiro atoms. The van der Waals surface area contributed by atoms with E-state index in [0.29, 0.717) is 19.0 Å². The van der Waals surface area contributed by atoms with Gasteiger partial charge in [-0.05, 0) is 34.7 Å². The molecule has 5 nitrogen and oxygen atoms in total. The smallest absolute Gasteiger partial charge is 0.247 e. The van der Waals surface area contributed by atoms with Crippen LogP contribution >= 0.6 is 15.9 Å². The van der Waals surface area contributed by atoms with E-state index in [1.165, 1.54) is 10.4 Å². The number of piperidine rings is 1. The van der Waals surface area contributed by atoms with Crippen LogP contribution < -0.4 is 0 Å². The Morgan fingerprint density at radius 2 is 2.32 bits per heavy atom. The second kappa shape index (κ2) is 5.95. The Labute approximate surface area is 121 Å². The van der Waals surface area contributed by atoms with Gasteiger partial charge in [0.2, 0.25) is 10.0 Å². The number of aliphatic hydroxyl groups excluding tert-OH is 1. The van der Waals surface area contributed by atoms with Crippen LogP contribution in [0.5, 0.6) is 0 Å². The van der Waals surface area contributed by atoms with Gasteiger partial charge in [-0.1, -0.05) is 13.3 Å². The Balaban J connectivity index is 2.28. The van der Waals surface area contributed by atoms with Gasteiger partial charge in [0.1, 0.15) is 17.3 Å². The Morgan fingerprint density at radius 3 is 2.89 bits per heavy atom. The van der Waals surface area contributed by atoms with E-state index < -0.39 is 10.0 Å². The fourth-order valence-corrected chi connectivity index (χ4v) is 4.88. The molecule has 0 aromatic carbocycles. The van der Waals surface area contributed by atoms with E-state index in [4.69, 9.17) is 9.52 Å². The summed E-state index contributed by atoms with van der Waals surface area (Å²) in [6.45, 7) is 2.87. The summed E-state index contributed by atoms with van der Waals surface area (Å²) >= 11 is 3.11. The van der Waals surface area contributed by atoms with Crippen LogP contribution in [0, 0.1) is 5.92 Å². The van der Waals surface area contributed by atoms with Crippen molar-refractivity contribution in [2.24, 2.45) is 5.92 Å². The quantitative estimate of drug-likeness (QED) is 0.903. The van der Waals surface area contributed by atoms with Gasteiger partial charge >= 0.3 is 0 Å². The molecule has 2 rings (SSSR count). The highest BCUT2D eigenvalue weighted by Crippen LogP contribution is 2.31. The molecule has 1 N–H and O–H groups in total. The van der Waals surface area contributed by atoms with Crippen LogP contribution in [0.2, 0.25) is 0 Å². The summed E-state index contributed by atoms with van der Waals surface area (Å²) in [5.74, 6) is 0.668. The first-order valence-electron chi connectivity index (χ1n) is 6.38. The summed E-state index contributed by atoms with van der Waals surface area (Å²) in [7, 11) is -3.54. The van der Waals surface area contributed by atoms with Crippen LogP contribution in [0.25, 0.3) is 0 Å². The molecular weight excluding hydrogens is 334 g/mol. The molecule has 1 aromatic heterocycles. The summed E-state index contributed by atoms with van der Waals surface area (Å²) in [4.78, 5) is 0.105. The average molecular weight is 352 g/mol. The highest BCUT2D eigenvalue weighted by atomic mass is 79.9. The maximum Gasteiger partial charge on any atom is 0.247 e. The molecule has 1 atom stereocenters. The summed E-state index contributed by atoms with van der Waals surface area (Å²) < 4.78 is 31.9. The molecule has 0 radical (unpaired) electrons. The van der Waals surface area contributed by atoms with Crippen LogP contribution in [0.3, 0.4) is 0 Å². The van der Waals surface area contributed by atoms with Gasteiger partial charge in [0, 0.05) is 19.2 Å². The van der Waals surface area contributed by atoms with Gasteiger partial charge in [-0.3, -0.25) is 0 Å². The fraction of sp³-hybridized carbons (Fsp3) is 0.667. The second-order valence-electron chi connectivity index (χ2n) is 4.79. The van der Waals surface area contributed by atoms with E-state index in [9.17, 15) is 8.42 Å². The van der Waals surface area contributed by atoms with Crippen molar-refractivity contribution in [3.8, 4) is 0 Å². The maximum atomic E-state index is 12.6. The summed E-state index contributed by atoms with van der Waals surface area (Å²) in [6.07, 6.45) is 2.96. The zero-order chi connectivity index (χ0) is 14.0. The molecule has 1 aliphatic heterocycles. The van der Waals surface area contributed by atoms with Crippen molar-refractivity contribution in [2.75, 3.05) is 13.1 Å². The number of halogens is 1. The van der Waals surface area contributed by atoms with Gasteiger partial charge in [-0.2, -0.15) is 4.31 Å². The van der Waals surface area contributed by atoms with Crippen LogP contribution in [-0.4, -0.2) is 30.9 Å². The Hall–Kier alpha value is -0.370. The summed E-state index contributed by atoms with van der Waals surface area (Å²) in [5.41, 5.74) is 0. The molecular formula is C12H18BrNO4S. The van der Waals surface area contributed by atoms with Crippen molar-refractivity contribution in [1.82, 2.24) is 4.31 Å². The molecule has 1 unspecified atom stereocenters. The first-order chi connectivity index (χ1) is 8.98. The Morgan fingerprint density at radius 1 is 1.58 bits per heavy atom. The lowest BCUT2D eigenvalue weighted by Crippen LogP contribution is -2.39. The lowest BCUT2D eigenvalue weighted by molar-refractivity contribution is 0.244. The zero-order valence-corrected chi connectivity index (χ0v) is 13.2. The average Bonchev–Trinajstić information content (AvgIpc) is 2.81. The van der Waals surface area contributed by atoms with Crippen LogP contribution in [0.4, 0.5) is 0 Å². The molecule has 0 saturated carbocycles. The normalized spacial score (nSPS) is 21.7. The number of nitrogens with zero attached hydrogens (tertiary/aromatic N) is 1. The first kappa shape index (κ1) is 15.0. The van der Waals surface area contributed by atoms with Crippen molar-refractivity contribution in [3.05, 3.63) is 16.5 Å². The van der Waals surface area contributed by atoms with Crippen molar-refractivity contribution >= 4 is 26.0 Å². The van der Waals surface area contributed by atoms with Crippen molar-refractivity contribution in [3.63, 3.8) is 0 Å². The Kier molecular flexibility index (Phi) is 4.70. The molecule has 0 aliphatic carbocycles. The van der Waals surface area contributed by atoms with E-state index in [0.717, 1.165) is 19.3 Å². The summed E-state index contributed by atoms with van der Waals surface area (Å²) in [5, 5.41) is 9.01. The topological polar surface area (TPSA) is 70.8 Å². The maximum absolute atomic E-state index is 12.6. The number of hydrogen-bond acceptors (Lipinski definition) is 4. The minimum Gasteiger partial charge on any atom is -0.450 e. The van der Waals surface area contributed by atoms with Crippen molar-refractivity contribution in [2.45, 2.75) is 37.7 Å². The third-order valence-corrected chi connectivity index (χ3v) is 6.26. The van der Waals surface area contributed by atoms with Crippen molar-refractivity contribution < 1.29 is 17.9 Å². The van der Waals surface area contributed by atoms with E-state index in [2.05, 4.69) is 22.9 Å². The van der Waals surface area contributed by atoms with Gasteiger partial charge < -0.3 is 9.52 Å². The SMILES string of the molecule is CCC1CCCN(S(=O)(=O)c2cc(CO)oc2Br)C1. The van der Waals surface area contributed by atoms with Gasteiger partial charge in [0.25, 0.3) is 0 Å². The highest BCUT2D eigenvalue weighted by molar-refractivity contribution is 9.10. The molecule has 0 amide bonds. The first-order valence-corrected chi connectivity index (χ1v) is 8.61. The minimum atomic E-state index is -3.54. The lowest BCUT2D eigenvalue weighted by Gasteiger charge is -2.31. The number of sulfonamides is 1. The van der Waals surface area contributed by atoms with Crippen LogP contribution in [0.15, 0.2) is 20.0 Å². The Bertz CT molecular complexity index is 540. The third-order valence-electron chi connectivity index (χ3n) is 3.54. The van der Waals surface area contributed by atoms with E-state index >= 15 is 0 Å². The molecule has 108 valence electrons. The molecule has 19 heavy (non-hydrogen) atoms. The zero-order valence-electron chi connectivity index (χ0n) is 10.8. The van der Waals surface area contributed by atoms with E-state index in [1.807, 2.05) is 0 Å². The highest BCUT2D eigenvalue weighted by Gasteiger charge is 2.32. The van der Waals surface area contributed by atoms with Gasteiger partial charge in [0.05, 0.1) is 0 Å². The monoisotopic (exact) mass is 351 g/mol. The van der Waals surface area contributed by atoms with Gasteiger partial charge in [-0.15, -0.1) is 0 Å². The molecule has 1 aliphatic rings. The molecule has 1 fully saturated rings. The lowest BCUT2D eigenvalue weighted by atomic mass is 9.97. The molecule has 1 aromatic rings. The number of aliphatic hydroxyl groups is 1. The molecule has 2 heterocycles. The predicted octanol–water partition coefficient (Wildman–Crippen LogP) is 2.35. The number of hydrogen-bond donors (Lipinski definition) is 1. The molecule has 7 heteroatoms.